The number of carbonyl (C=O) groups excluding carboxylic acids is 3. The molecule has 0 aliphatic heterocycles. The van der Waals surface area contributed by atoms with Gasteiger partial charge in [-0.2, -0.15) is 0 Å². The standard InChI is InChI=1S/C17H33N5O6/c1-3-10(2)14(22-13(24)8-20-15(25)11(19)9-23)16(26)21-12(17(27)28)6-4-5-7-18/h10-12,14,23H,3-9,18-19H2,1-2H3,(H,20,25)(H,21,26)(H,22,24)(H,27,28). The van der Waals surface area contributed by atoms with Crippen LogP contribution in [0.25, 0.3) is 0 Å². The predicted molar refractivity (Wildman–Crippen MR) is 102 cm³/mol. The lowest BCUT2D eigenvalue weighted by Crippen LogP contribution is -2.56. The van der Waals surface area contributed by atoms with Gasteiger partial charge in [0.1, 0.15) is 18.1 Å². The minimum Gasteiger partial charge on any atom is -0.480 e. The van der Waals surface area contributed by atoms with Crippen LogP contribution in [0.1, 0.15) is 39.5 Å². The van der Waals surface area contributed by atoms with Gasteiger partial charge in [-0.15, -0.1) is 0 Å². The van der Waals surface area contributed by atoms with E-state index < -0.39 is 55.0 Å². The van der Waals surface area contributed by atoms with Crippen LogP contribution in [0, 0.1) is 5.92 Å². The molecule has 0 aliphatic carbocycles. The van der Waals surface area contributed by atoms with Crippen molar-refractivity contribution in [3.05, 3.63) is 0 Å². The first-order valence-electron chi connectivity index (χ1n) is 9.34. The molecule has 0 aliphatic rings. The Hall–Kier alpha value is -2.24. The molecule has 0 radical (unpaired) electrons. The maximum atomic E-state index is 12.6. The maximum Gasteiger partial charge on any atom is 0.326 e. The number of hydrogen-bond acceptors (Lipinski definition) is 7. The normalized spacial score (nSPS) is 15.0. The van der Waals surface area contributed by atoms with Crippen LogP contribution in [-0.4, -0.2) is 71.7 Å². The summed E-state index contributed by atoms with van der Waals surface area (Å²) in [5.41, 5.74) is 10.7. The average Bonchev–Trinajstić information content (AvgIpc) is 2.67. The Kier molecular flexibility index (Phi) is 12.7. The van der Waals surface area contributed by atoms with E-state index >= 15 is 0 Å². The van der Waals surface area contributed by atoms with Crippen molar-refractivity contribution in [2.75, 3.05) is 19.7 Å². The van der Waals surface area contributed by atoms with Crippen LogP contribution in [0.15, 0.2) is 0 Å². The molecular formula is C17H33N5O6. The third-order valence-electron chi connectivity index (χ3n) is 4.33. The summed E-state index contributed by atoms with van der Waals surface area (Å²) in [7, 11) is 0. The van der Waals surface area contributed by atoms with E-state index in [1.165, 1.54) is 0 Å². The molecule has 0 aromatic carbocycles. The van der Waals surface area contributed by atoms with Crippen molar-refractivity contribution in [3.8, 4) is 0 Å². The fourth-order valence-electron chi connectivity index (χ4n) is 2.32. The van der Waals surface area contributed by atoms with Gasteiger partial charge in [-0.1, -0.05) is 20.3 Å². The Morgan fingerprint density at radius 3 is 2.21 bits per heavy atom. The number of hydrogen-bond donors (Lipinski definition) is 7. The second-order valence-electron chi connectivity index (χ2n) is 6.62. The minimum absolute atomic E-state index is 0.231. The van der Waals surface area contributed by atoms with Gasteiger partial charge >= 0.3 is 5.97 Å². The zero-order valence-corrected chi connectivity index (χ0v) is 16.4. The van der Waals surface area contributed by atoms with E-state index in [-0.39, 0.29) is 12.3 Å². The highest BCUT2D eigenvalue weighted by Crippen LogP contribution is 2.09. The zero-order valence-electron chi connectivity index (χ0n) is 16.4. The van der Waals surface area contributed by atoms with Crippen LogP contribution in [0.4, 0.5) is 0 Å². The molecular weight excluding hydrogens is 370 g/mol. The van der Waals surface area contributed by atoms with E-state index in [4.69, 9.17) is 16.6 Å². The molecule has 0 saturated carbocycles. The molecule has 0 aromatic rings. The van der Waals surface area contributed by atoms with Crippen LogP contribution >= 0.6 is 0 Å². The average molecular weight is 403 g/mol. The second-order valence-corrected chi connectivity index (χ2v) is 6.62. The second kappa shape index (κ2) is 13.9. The molecule has 28 heavy (non-hydrogen) atoms. The summed E-state index contributed by atoms with van der Waals surface area (Å²) in [5, 5.41) is 25.3. The Labute approximate surface area is 164 Å². The summed E-state index contributed by atoms with van der Waals surface area (Å²) in [6.45, 7) is 3.01. The van der Waals surface area contributed by atoms with Gasteiger partial charge in [0.2, 0.25) is 17.7 Å². The van der Waals surface area contributed by atoms with Gasteiger partial charge < -0.3 is 37.6 Å². The van der Waals surface area contributed by atoms with Crippen molar-refractivity contribution in [2.45, 2.75) is 57.7 Å². The first kappa shape index (κ1) is 25.8. The van der Waals surface area contributed by atoms with Crippen molar-refractivity contribution < 1.29 is 29.4 Å². The van der Waals surface area contributed by atoms with Crippen molar-refractivity contribution in [2.24, 2.45) is 17.4 Å². The van der Waals surface area contributed by atoms with E-state index in [0.717, 1.165) is 0 Å². The quantitative estimate of drug-likeness (QED) is 0.156. The van der Waals surface area contributed by atoms with E-state index in [9.17, 15) is 24.3 Å². The Balaban J connectivity index is 4.90. The molecule has 4 atom stereocenters. The van der Waals surface area contributed by atoms with Gasteiger partial charge in [-0.05, 0) is 31.7 Å². The van der Waals surface area contributed by atoms with Crippen LogP contribution in [0.3, 0.4) is 0 Å². The summed E-state index contributed by atoms with van der Waals surface area (Å²) in [6, 6.07) is -3.19. The Morgan fingerprint density at radius 1 is 1.07 bits per heavy atom. The number of carboxylic acids is 1. The lowest BCUT2D eigenvalue weighted by atomic mass is 9.97. The van der Waals surface area contributed by atoms with Gasteiger partial charge in [0, 0.05) is 0 Å². The molecule has 3 amide bonds. The van der Waals surface area contributed by atoms with Gasteiger partial charge in [0.15, 0.2) is 0 Å². The molecule has 0 spiro atoms. The number of carboxylic acid groups (broad SMARTS) is 1. The van der Waals surface area contributed by atoms with Gasteiger partial charge in [0.25, 0.3) is 0 Å². The molecule has 0 fully saturated rings. The molecule has 0 heterocycles. The molecule has 11 nitrogen and oxygen atoms in total. The molecule has 0 bridgehead atoms. The SMILES string of the molecule is CCC(C)C(NC(=O)CNC(=O)C(N)CO)C(=O)NC(CCCCN)C(=O)O. The van der Waals surface area contributed by atoms with Crippen LogP contribution in [-0.2, 0) is 19.2 Å². The third-order valence-corrected chi connectivity index (χ3v) is 4.33. The highest BCUT2D eigenvalue weighted by molar-refractivity contribution is 5.92. The Morgan fingerprint density at radius 2 is 1.71 bits per heavy atom. The molecule has 0 aromatic heterocycles. The van der Waals surface area contributed by atoms with Gasteiger partial charge in [-0.25, -0.2) is 4.79 Å². The van der Waals surface area contributed by atoms with Crippen molar-refractivity contribution >= 4 is 23.7 Å². The summed E-state index contributed by atoms with van der Waals surface area (Å²) in [6.07, 6.45) is 1.98. The number of amides is 3. The topological polar surface area (TPSA) is 197 Å². The first-order chi connectivity index (χ1) is 13.2. The number of unbranched alkanes of at least 4 members (excludes halogenated alkanes) is 1. The van der Waals surface area contributed by atoms with Crippen LogP contribution in [0.5, 0.6) is 0 Å². The van der Waals surface area contributed by atoms with E-state index in [1.54, 1.807) is 6.92 Å². The van der Waals surface area contributed by atoms with Crippen LogP contribution in [0.2, 0.25) is 0 Å². The number of nitrogens with two attached hydrogens (primary N) is 2. The Bertz CT molecular complexity index is 530. The molecule has 11 heteroatoms. The van der Waals surface area contributed by atoms with Crippen LogP contribution < -0.4 is 27.4 Å². The first-order valence-corrected chi connectivity index (χ1v) is 9.34. The smallest absolute Gasteiger partial charge is 0.326 e. The number of carbonyl (C=O) groups is 4. The zero-order chi connectivity index (χ0) is 21.7. The summed E-state index contributed by atoms with van der Waals surface area (Å²) >= 11 is 0. The van der Waals surface area contributed by atoms with E-state index in [0.29, 0.717) is 25.8 Å². The molecule has 4 unspecified atom stereocenters. The minimum atomic E-state index is -1.16. The fourth-order valence-corrected chi connectivity index (χ4v) is 2.32. The number of aliphatic carboxylic acids is 1. The van der Waals surface area contributed by atoms with Gasteiger partial charge in [-0.3, -0.25) is 14.4 Å². The molecule has 9 N–H and O–H groups in total. The third kappa shape index (κ3) is 9.62. The van der Waals surface area contributed by atoms with Crippen molar-refractivity contribution in [1.82, 2.24) is 16.0 Å². The highest BCUT2D eigenvalue weighted by atomic mass is 16.4. The summed E-state index contributed by atoms with van der Waals surface area (Å²) < 4.78 is 0. The lowest BCUT2D eigenvalue weighted by Gasteiger charge is -2.25. The van der Waals surface area contributed by atoms with Gasteiger partial charge in [0.05, 0.1) is 13.2 Å². The largest absolute Gasteiger partial charge is 0.480 e. The molecule has 0 rings (SSSR count). The number of aliphatic hydroxyl groups excluding tert-OH is 1. The number of aliphatic hydroxyl groups is 1. The number of nitrogens with one attached hydrogen (secondary N) is 3. The fraction of sp³-hybridized carbons (Fsp3) is 0.765. The van der Waals surface area contributed by atoms with E-state index in [2.05, 4.69) is 16.0 Å². The number of rotatable bonds is 14. The molecule has 0 saturated heterocycles. The highest BCUT2D eigenvalue weighted by Gasteiger charge is 2.29. The summed E-state index contributed by atoms with van der Waals surface area (Å²) in [5.74, 6) is -3.37. The summed E-state index contributed by atoms with van der Waals surface area (Å²) in [4.78, 5) is 47.5. The lowest BCUT2D eigenvalue weighted by molar-refractivity contribution is -0.142. The van der Waals surface area contributed by atoms with Crippen molar-refractivity contribution in [3.63, 3.8) is 0 Å². The van der Waals surface area contributed by atoms with E-state index in [1.807, 2.05) is 6.92 Å². The predicted octanol–water partition coefficient (Wildman–Crippen LogP) is -2.35. The van der Waals surface area contributed by atoms with Crippen molar-refractivity contribution in [1.29, 1.82) is 0 Å². The molecule has 162 valence electrons. The maximum absolute atomic E-state index is 12.6. The monoisotopic (exact) mass is 403 g/mol.